The van der Waals surface area contributed by atoms with Gasteiger partial charge in [-0.15, -0.1) is 0 Å². The first-order valence-electron chi connectivity index (χ1n) is 6.67. The zero-order valence-corrected chi connectivity index (χ0v) is 12.2. The second kappa shape index (κ2) is 7.52. The van der Waals surface area contributed by atoms with Crippen molar-refractivity contribution in [2.45, 2.75) is 34.1 Å². The Balaban J connectivity index is 0.000000191. The average molecular weight is 254 g/mol. The Morgan fingerprint density at radius 2 is 1.42 bits per heavy atom. The highest BCUT2D eigenvalue weighted by Gasteiger charge is 1.99. The summed E-state index contributed by atoms with van der Waals surface area (Å²) in [6, 6.07) is 16.1. The minimum atomic E-state index is 0.137. The smallest absolute Gasteiger partial charge is 0.160 e. The van der Waals surface area contributed by atoms with Crippen molar-refractivity contribution in [3.8, 4) is 0 Å². The van der Waals surface area contributed by atoms with E-state index in [0.29, 0.717) is 0 Å². The number of carbonyl (C=O) groups is 1. The Hall–Kier alpha value is -1.89. The molecule has 0 bridgehead atoms. The van der Waals surface area contributed by atoms with Gasteiger partial charge in [0.2, 0.25) is 0 Å². The predicted molar refractivity (Wildman–Crippen MR) is 81.7 cm³/mol. The fourth-order valence-corrected chi connectivity index (χ4v) is 1.97. The van der Waals surface area contributed by atoms with Crippen LogP contribution in [0.3, 0.4) is 0 Å². The lowest BCUT2D eigenvalue weighted by atomic mass is 10.1. The molecule has 0 atom stereocenters. The fourth-order valence-electron chi connectivity index (χ4n) is 1.97. The van der Waals surface area contributed by atoms with Gasteiger partial charge in [0.05, 0.1) is 0 Å². The third-order valence-electron chi connectivity index (χ3n) is 3.17. The van der Waals surface area contributed by atoms with Gasteiger partial charge in [-0.1, -0.05) is 55.5 Å². The summed E-state index contributed by atoms with van der Waals surface area (Å²) in [5, 5.41) is 0. The standard InChI is InChI=1S/C9H10O.C9H12/c1-7-5-3-4-6-9(7)8(2)10;1-3-9-7-5-4-6-8(9)2/h3-6H,1-2H3;4-7H,3H2,1-2H3. The van der Waals surface area contributed by atoms with Gasteiger partial charge in [0.25, 0.3) is 0 Å². The van der Waals surface area contributed by atoms with E-state index in [-0.39, 0.29) is 5.78 Å². The van der Waals surface area contributed by atoms with Gasteiger partial charge in [-0.05, 0) is 43.9 Å². The molecule has 19 heavy (non-hydrogen) atoms. The lowest BCUT2D eigenvalue weighted by molar-refractivity contribution is 0.101. The van der Waals surface area contributed by atoms with Crippen LogP contribution in [0.5, 0.6) is 0 Å². The van der Waals surface area contributed by atoms with Crippen LogP contribution in [0.4, 0.5) is 0 Å². The van der Waals surface area contributed by atoms with Gasteiger partial charge in [-0.2, -0.15) is 0 Å². The molecule has 0 aromatic heterocycles. The molecule has 2 aromatic carbocycles. The Labute approximate surface area is 116 Å². The van der Waals surface area contributed by atoms with Crippen LogP contribution in [0, 0.1) is 13.8 Å². The van der Waals surface area contributed by atoms with E-state index in [0.717, 1.165) is 17.5 Å². The van der Waals surface area contributed by atoms with Crippen LogP contribution in [0.1, 0.15) is 40.9 Å². The van der Waals surface area contributed by atoms with Gasteiger partial charge in [-0.3, -0.25) is 4.79 Å². The largest absolute Gasteiger partial charge is 0.295 e. The number of carbonyl (C=O) groups excluding carboxylic acids is 1. The number of rotatable bonds is 2. The van der Waals surface area contributed by atoms with Gasteiger partial charge in [0.15, 0.2) is 5.78 Å². The van der Waals surface area contributed by atoms with Gasteiger partial charge < -0.3 is 0 Å². The van der Waals surface area contributed by atoms with E-state index in [1.165, 1.54) is 11.1 Å². The van der Waals surface area contributed by atoms with Crippen LogP contribution < -0.4 is 0 Å². The molecule has 0 radical (unpaired) electrons. The summed E-state index contributed by atoms with van der Waals surface area (Å²) in [7, 11) is 0. The van der Waals surface area contributed by atoms with Crippen LogP contribution in [-0.2, 0) is 6.42 Å². The summed E-state index contributed by atoms with van der Waals surface area (Å²) >= 11 is 0. The summed E-state index contributed by atoms with van der Waals surface area (Å²) in [4.78, 5) is 10.9. The van der Waals surface area contributed by atoms with E-state index in [2.05, 4.69) is 38.1 Å². The fraction of sp³-hybridized carbons (Fsp3) is 0.278. The van der Waals surface area contributed by atoms with Crippen molar-refractivity contribution in [3.05, 3.63) is 70.8 Å². The third-order valence-corrected chi connectivity index (χ3v) is 3.17. The van der Waals surface area contributed by atoms with E-state index in [1.54, 1.807) is 6.92 Å². The van der Waals surface area contributed by atoms with E-state index in [1.807, 2.05) is 31.2 Å². The summed E-state index contributed by atoms with van der Waals surface area (Å²) in [5.41, 5.74) is 4.73. The van der Waals surface area contributed by atoms with Gasteiger partial charge in [0.1, 0.15) is 0 Å². The molecule has 1 heteroatoms. The lowest BCUT2D eigenvalue weighted by Crippen LogP contribution is -1.93. The SMILES string of the molecule is CC(=O)c1ccccc1C.CCc1ccccc1C. The van der Waals surface area contributed by atoms with Gasteiger partial charge in [0, 0.05) is 5.56 Å². The van der Waals surface area contributed by atoms with E-state index >= 15 is 0 Å². The van der Waals surface area contributed by atoms with Crippen LogP contribution in [0.2, 0.25) is 0 Å². The molecule has 0 aliphatic rings. The minimum Gasteiger partial charge on any atom is -0.295 e. The average Bonchev–Trinajstić information content (AvgIpc) is 2.40. The molecule has 0 N–H and O–H groups in total. The first kappa shape index (κ1) is 15.2. The first-order valence-corrected chi connectivity index (χ1v) is 6.67. The molecule has 100 valence electrons. The van der Waals surface area contributed by atoms with Gasteiger partial charge in [-0.25, -0.2) is 0 Å². The first-order chi connectivity index (χ1) is 9.06. The topological polar surface area (TPSA) is 17.1 Å². The predicted octanol–water partition coefficient (Wildman–Crippen LogP) is 4.76. The molecular weight excluding hydrogens is 232 g/mol. The molecule has 0 heterocycles. The van der Waals surface area contributed by atoms with E-state index in [9.17, 15) is 4.79 Å². The number of ketones is 1. The van der Waals surface area contributed by atoms with Crippen molar-refractivity contribution in [1.29, 1.82) is 0 Å². The third kappa shape index (κ3) is 4.70. The highest BCUT2D eigenvalue weighted by atomic mass is 16.1. The Kier molecular flexibility index (Phi) is 6.01. The van der Waals surface area contributed by atoms with Gasteiger partial charge >= 0.3 is 0 Å². The Morgan fingerprint density at radius 1 is 0.895 bits per heavy atom. The minimum absolute atomic E-state index is 0.137. The second-order valence-corrected chi connectivity index (χ2v) is 4.65. The van der Waals surface area contributed by atoms with Crippen LogP contribution in [-0.4, -0.2) is 5.78 Å². The van der Waals surface area contributed by atoms with E-state index in [4.69, 9.17) is 0 Å². The van der Waals surface area contributed by atoms with Crippen molar-refractivity contribution in [2.75, 3.05) is 0 Å². The summed E-state index contributed by atoms with van der Waals surface area (Å²) in [5.74, 6) is 0.137. The van der Waals surface area contributed by atoms with E-state index < -0.39 is 0 Å². The van der Waals surface area contributed by atoms with Crippen molar-refractivity contribution in [2.24, 2.45) is 0 Å². The summed E-state index contributed by atoms with van der Waals surface area (Å²) in [6.07, 6.45) is 1.15. The molecule has 0 spiro atoms. The molecule has 0 saturated heterocycles. The van der Waals surface area contributed by atoms with Crippen molar-refractivity contribution >= 4 is 5.78 Å². The number of aryl methyl sites for hydroxylation is 3. The van der Waals surface area contributed by atoms with Crippen LogP contribution in [0.15, 0.2) is 48.5 Å². The molecule has 0 aliphatic heterocycles. The summed E-state index contributed by atoms with van der Waals surface area (Å²) < 4.78 is 0. The normalized spacial score (nSPS) is 9.47. The molecule has 2 aromatic rings. The molecule has 0 fully saturated rings. The maximum Gasteiger partial charge on any atom is 0.160 e. The molecule has 0 aliphatic carbocycles. The molecule has 0 unspecified atom stereocenters. The lowest BCUT2D eigenvalue weighted by Gasteiger charge is -1.98. The number of Topliss-reactive ketones (excluding diaryl/α,β-unsaturated/α-hetero) is 1. The molecule has 2 rings (SSSR count). The Morgan fingerprint density at radius 3 is 1.79 bits per heavy atom. The maximum atomic E-state index is 10.9. The zero-order chi connectivity index (χ0) is 14.3. The quantitative estimate of drug-likeness (QED) is 0.706. The molecule has 0 amide bonds. The van der Waals surface area contributed by atoms with Crippen LogP contribution >= 0.6 is 0 Å². The molecule has 0 saturated carbocycles. The highest BCUT2D eigenvalue weighted by molar-refractivity contribution is 5.95. The number of hydrogen-bond donors (Lipinski definition) is 0. The van der Waals surface area contributed by atoms with Crippen LogP contribution in [0.25, 0.3) is 0 Å². The number of benzene rings is 2. The molecular formula is C18H22O. The summed E-state index contributed by atoms with van der Waals surface area (Å²) in [6.45, 7) is 7.86. The number of hydrogen-bond acceptors (Lipinski definition) is 1. The van der Waals surface area contributed by atoms with Crippen molar-refractivity contribution in [3.63, 3.8) is 0 Å². The maximum absolute atomic E-state index is 10.9. The monoisotopic (exact) mass is 254 g/mol. The zero-order valence-electron chi connectivity index (χ0n) is 12.2. The molecule has 1 nitrogen and oxygen atoms in total. The van der Waals surface area contributed by atoms with Crippen molar-refractivity contribution < 1.29 is 4.79 Å². The van der Waals surface area contributed by atoms with Crippen molar-refractivity contribution in [1.82, 2.24) is 0 Å². The second-order valence-electron chi connectivity index (χ2n) is 4.65. The Bertz CT molecular complexity index is 541. The highest BCUT2D eigenvalue weighted by Crippen LogP contribution is 2.07.